The topological polar surface area (TPSA) is 18.5 Å². The van der Waals surface area contributed by atoms with Crippen LogP contribution < -0.4 is 0 Å². The fraction of sp³-hybridized carbons (Fsp3) is 0.800. The molecule has 13 heavy (non-hydrogen) atoms. The summed E-state index contributed by atoms with van der Waals surface area (Å²) >= 11 is 0. The molecule has 0 heterocycles. The van der Waals surface area contributed by atoms with Crippen LogP contribution in [0.5, 0.6) is 0 Å². The maximum atomic E-state index is 5.62. The van der Waals surface area contributed by atoms with Gasteiger partial charge in [-0.25, -0.2) is 0 Å². The van der Waals surface area contributed by atoms with Crippen LogP contribution in [0.15, 0.2) is 11.3 Å². The first-order valence-corrected chi connectivity index (χ1v) is 7.11. The van der Waals surface area contributed by atoms with Gasteiger partial charge in [0.25, 0.3) is 0 Å². The summed E-state index contributed by atoms with van der Waals surface area (Å²) in [6, 6.07) is 1.02. The molecule has 1 aliphatic carbocycles. The molecule has 1 rings (SSSR count). The van der Waals surface area contributed by atoms with Gasteiger partial charge in [0.15, 0.2) is 0 Å². The van der Waals surface area contributed by atoms with Crippen LogP contribution >= 0.6 is 0 Å². The van der Waals surface area contributed by atoms with E-state index in [4.69, 9.17) is 8.85 Å². The molecule has 0 saturated carbocycles. The molecule has 0 aliphatic heterocycles. The van der Waals surface area contributed by atoms with Crippen LogP contribution in [-0.2, 0) is 8.85 Å². The van der Waals surface area contributed by atoms with Crippen LogP contribution in [0.1, 0.15) is 32.6 Å². The fourth-order valence-electron chi connectivity index (χ4n) is 2.05. The molecule has 1 aliphatic rings. The molecule has 0 amide bonds. The van der Waals surface area contributed by atoms with Gasteiger partial charge in [-0.05, 0) is 36.9 Å². The van der Waals surface area contributed by atoms with Gasteiger partial charge in [-0.15, -0.1) is 0 Å². The van der Waals surface area contributed by atoms with Crippen molar-refractivity contribution in [2.75, 3.05) is 14.2 Å². The maximum Gasteiger partial charge on any atom is 0.367 e. The lowest BCUT2D eigenvalue weighted by Gasteiger charge is -2.30. The zero-order valence-electron chi connectivity index (χ0n) is 8.93. The maximum absolute atomic E-state index is 5.62. The van der Waals surface area contributed by atoms with Crippen molar-refractivity contribution < 1.29 is 8.85 Å². The molecule has 0 bridgehead atoms. The van der Waals surface area contributed by atoms with Gasteiger partial charge >= 0.3 is 8.56 Å². The van der Waals surface area contributed by atoms with Crippen molar-refractivity contribution >= 4 is 8.56 Å². The quantitative estimate of drug-likeness (QED) is 0.650. The zero-order valence-corrected chi connectivity index (χ0v) is 9.93. The fourth-order valence-corrected chi connectivity index (χ4v) is 4.78. The first-order valence-electron chi connectivity index (χ1n) is 5.09. The standard InChI is InChI=1S/C10H20O2Si/c1-4-13(11-2,12-3)10-8-6-5-7-9-10/h8H,4-7,9H2,1-3H3. The molecule has 0 aromatic carbocycles. The van der Waals surface area contributed by atoms with Gasteiger partial charge in [0.1, 0.15) is 0 Å². The monoisotopic (exact) mass is 200 g/mol. The van der Waals surface area contributed by atoms with E-state index >= 15 is 0 Å². The number of hydrogen-bond acceptors (Lipinski definition) is 2. The van der Waals surface area contributed by atoms with Gasteiger partial charge in [0, 0.05) is 14.2 Å². The smallest absolute Gasteiger partial charge is 0.367 e. The molecule has 0 fully saturated rings. The van der Waals surface area contributed by atoms with Crippen molar-refractivity contribution in [3.05, 3.63) is 11.3 Å². The highest BCUT2D eigenvalue weighted by Gasteiger charge is 2.38. The first-order chi connectivity index (χ1) is 6.29. The summed E-state index contributed by atoms with van der Waals surface area (Å²) in [6.45, 7) is 2.16. The zero-order chi connectivity index (χ0) is 9.73. The second-order valence-corrected chi connectivity index (χ2v) is 7.16. The van der Waals surface area contributed by atoms with Crippen molar-refractivity contribution in [1.82, 2.24) is 0 Å². The molecule has 76 valence electrons. The summed E-state index contributed by atoms with van der Waals surface area (Å²) in [5, 5.41) is 1.46. The third kappa shape index (κ3) is 2.21. The molecule has 0 spiro atoms. The Bertz CT molecular complexity index is 177. The first kappa shape index (κ1) is 11.0. The van der Waals surface area contributed by atoms with E-state index in [9.17, 15) is 0 Å². The Hall–Kier alpha value is -0.123. The predicted octanol–water partition coefficient (Wildman–Crippen LogP) is 2.78. The Morgan fingerprint density at radius 3 is 2.38 bits per heavy atom. The van der Waals surface area contributed by atoms with E-state index in [-0.39, 0.29) is 0 Å². The van der Waals surface area contributed by atoms with Gasteiger partial charge < -0.3 is 8.85 Å². The highest BCUT2D eigenvalue weighted by Crippen LogP contribution is 2.29. The van der Waals surface area contributed by atoms with Crippen molar-refractivity contribution in [2.45, 2.75) is 38.7 Å². The Morgan fingerprint density at radius 2 is 2.00 bits per heavy atom. The lowest BCUT2D eigenvalue weighted by molar-refractivity contribution is 0.251. The summed E-state index contributed by atoms with van der Waals surface area (Å²) < 4.78 is 11.2. The number of hydrogen-bond donors (Lipinski definition) is 0. The van der Waals surface area contributed by atoms with Crippen LogP contribution in [0.2, 0.25) is 6.04 Å². The normalized spacial score (nSPS) is 18.5. The minimum absolute atomic E-state index is 1.02. The summed E-state index contributed by atoms with van der Waals surface area (Å²) in [6.07, 6.45) is 7.35. The van der Waals surface area contributed by atoms with Crippen molar-refractivity contribution in [3.8, 4) is 0 Å². The van der Waals surface area contributed by atoms with Gasteiger partial charge in [-0.1, -0.05) is 13.0 Å². The summed E-state index contributed by atoms with van der Waals surface area (Å²) in [5.74, 6) is 0. The highest BCUT2D eigenvalue weighted by atomic mass is 28.4. The molecular weight excluding hydrogens is 180 g/mol. The molecule has 0 N–H and O–H groups in total. The summed E-state index contributed by atoms with van der Waals surface area (Å²) in [7, 11) is 1.62. The molecule has 0 atom stereocenters. The van der Waals surface area contributed by atoms with Crippen LogP contribution in [0, 0.1) is 0 Å². The number of allylic oxidation sites excluding steroid dienone is 2. The van der Waals surface area contributed by atoms with Crippen molar-refractivity contribution in [1.29, 1.82) is 0 Å². The van der Waals surface area contributed by atoms with Gasteiger partial charge in [0.05, 0.1) is 0 Å². The largest absolute Gasteiger partial charge is 0.395 e. The van der Waals surface area contributed by atoms with Crippen LogP contribution in [-0.4, -0.2) is 22.8 Å². The third-order valence-electron chi connectivity index (χ3n) is 2.91. The Labute approximate surface area is 82.2 Å². The SMILES string of the molecule is CC[Si](OC)(OC)C1=CCCCC1. The van der Waals surface area contributed by atoms with E-state index in [1.165, 1.54) is 30.9 Å². The second kappa shape index (κ2) is 4.93. The van der Waals surface area contributed by atoms with Crippen LogP contribution in [0.3, 0.4) is 0 Å². The van der Waals surface area contributed by atoms with Crippen LogP contribution in [0.25, 0.3) is 0 Å². The summed E-state index contributed by atoms with van der Waals surface area (Å²) in [5.41, 5.74) is 0. The van der Waals surface area contributed by atoms with E-state index < -0.39 is 8.56 Å². The van der Waals surface area contributed by atoms with Gasteiger partial charge in [-0.2, -0.15) is 0 Å². The van der Waals surface area contributed by atoms with Crippen LogP contribution in [0.4, 0.5) is 0 Å². The predicted molar refractivity (Wildman–Crippen MR) is 56.8 cm³/mol. The van der Waals surface area contributed by atoms with E-state index in [0.29, 0.717) is 0 Å². The minimum Gasteiger partial charge on any atom is -0.395 e. The molecule has 2 nitrogen and oxygen atoms in total. The van der Waals surface area contributed by atoms with E-state index in [0.717, 1.165) is 6.04 Å². The second-order valence-electron chi connectivity index (χ2n) is 3.49. The van der Waals surface area contributed by atoms with E-state index in [1.54, 1.807) is 14.2 Å². The Kier molecular flexibility index (Phi) is 4.16. The number of rotatable bonds is 4. The molecule has 0 unspecified atom stereocenters. The van der Waals surface area contributed by atoms with Gasteiger partial charge in [-0.3, -0.25) is 0 Å². The lowest BCUT2D eigenvalue weighted by Crippen LogP contribution is -2.42. The third-order valence-corrected chi connectivity index (χ3v) is 6.59. The molecule has 3 heteroatoms. The molecule has 0 aromatic rings. The lowest BCUT2D eigenvalue weighted by atomic mass is 10.1. The molecular formula is C10H20O2Si. The minimum atomic E-state index is -1.96. The van der Waals surface area contributed by atoms with E-state index in [1.807, 2.05) is 0 Å². The van der Waals surface area contributed by atoms with Gasteiger partial charge in [0.2, 0.25) is 0 Å². The molecule has 0 aromatic heterocycles. The summed E-state index contributed by atoms with van der Waals surface area (Å²) in [4.78, 5) is 0. The molecule has 0 radical (unpaired) electrons. The van der Waals surface area contributed by atoms with E-state index in [2.05, 4.69) is 13.0 Å². The average Bonchev–Trinajstić information content (AvgIpc) is 2.23. The van der Waals surface area contributed by atoms with Crippen molar-refractivity contribution in [2.24, 2.45) is 0 Å². The van der Waals surface area contributed by atoms with Crippen molar-refractivity contribution in [3.63, 3.8) is 0 Å². The Morgan fingerprint density at radius 1 is 1.31 bits per heavy atom. The Balaban J connectivity index is 2.78. The molecule has 0 saturated heterocycles. The average molecular weight is 200 g/mol. The highest BCUT2D eigenvalue weighted by molar-refractivity contribution is 6.74.